The average molecular weight is 233 g/mol. The summed E-state index contributed by atoms with van der Waals surface area (Å²) in [6, 6.07) is 9.96. The Kier molecular flexibility index (Phi) is 5.92. The fourth-order valence-corrected chi connectivity index (χ4v) is 1.95. The maximum absolute atomic E-state index is 11.9. The largest absolute Gasteiger partial charge is 0.298 e. The highest BCUT2D eigenvalue weighted by molar-refractivity contribution is 5.82. The molecule has 0 fully saturated rings. The van der Waals surface area contributed by atoms with Gasteiger partial charge in [0.2, 0.25) is 0 Å². The first-order chi connectivity index (χ1) is 8.11. The molecule has 0 saturated heterocycles. The minimum atomic E-state index is 0.304. The van der Waals surface area contributed by atoms with E-state index in [2.05, 4.69) is 25.7 Å². The number of likely N-dealkylation sites (N-methyl/N-ethyl adjacent to an activating group) is 1. The van der Waals surface area contributed by atoms with Crippen LogP contribution in [0.15, 0.2) is 30.3 Å². The molecule has 0 atom stereocenters. The van der Waals surface area contributed by atoms with Crippen LogP contribution in [-0.2, 0) is 11.2 Å². The second-order valence-electron chi connectivity index (χ2n) is 4.92. The molecule has 0 unspecified atom stereocenters. The first-order valence-corrected chi connectivity index (χ1v) is 6.39. The molecule has 0 spiro atoms. The van der Waals surface area contributed by atoms with Crippen molar-refractivity contribution in [3.8, 4) is 0 Å². The van der Waals surface area contributed by atoms with Crippen molar-refractivity contribution >= 4 is 5.78 Å². The Bertz CT molecular complexity index is 332. The van der Waals surface area contributed by atoms with E-state index in [0.717, 1.165) is 18.7 Å². The molecule has 0 amide bonds. The summed E-state index contributed by atoms with van der Waals surface area (Å²) in [5, 5.41) is 0. The molecule has 17 heavy (non-hydrogen) atoms. The summed E-state index contributed by atoms with van der Waals surface area (Å²) in [5.41, 5.74) is 1.11. The zero-order valence-electron chi connectivity index (χ0n) is 11.1. The van der Waals surface area contributed by atoms with Crippen molar-refractivity contribution in [2.45, 2.75) is 27.2 Å². The maximum Gasteiger partial charge on any atom is 0.151 e. The number of hydrogen-bond donors (Lipinski definition) is 0. The lowest BCUT2D eigenvalue weighted by atomic mass is 10.1. The van der Waals surface area contributed by atoms with Crippen molar-refractivity contribution in [1.82, 2.24) is 4.90 Å². The van der Waals surface area contributed by atoms with Gasteiger partial charge in [-0.25, -0.2) is 0 Å². The second-order valence-corrected chi connectivity index (χ2v) is 4.92. The quantitative estimate of drug-likeness (QED) is 0.722. The Morgan fingerprint density at radius 2 is 1.88 bits per heavy atom. The highest BCUT2D eigenvalue weighted by atomic mass is 16.1. The Labute approximate surface area is 105 Å². The van der Waals surface area contributed by atoms with Gasteiger partial charge < -0.3 is 0 Å². The molecule has 0 N–H and O–H groups in total. The van der Waals surface area contributed by atoms with Gasteiger partial charge in [-0.05, 0) is 18.0 Å². The summed E-state index contributed by atoms with van der Waals surface area (Å²) in [6.45, 7) is 8.99. The Morgan fingerprint density at radius 1 is 1.24 bits per heavy atom. The van der Waals surface area contributed by atoms with E-state index in [1.165, 1.54) is 0 Å². The van der Waals surface area contributed by atoms with Gasteiger partial charge >= 0.3 is 0 Å². The average Bonchev–Trinajstić information content (AvgIpc) is 2.28. The third kappa shape index (κ3) is 5.64. The summed E-state index contributed by atoms with van der Waals surface area (Å²) in [4.78, 5) is 14.1. The van der Waals surface area contributed by atoms with E-state index in [4.69, 9.17) is 0 Å². The third-order valence-corrected chi connectivity index (χ3v) is 2.71. The zero-order chi connectivity index (χ0) is 12.7. The standard InChI is InChI=1S/C15H23NO/c1-4-16(11-13(2)3)12-15(17)10-14-8-6-5-7-9-14/h5-9,13H,4,10-12H2,1-3H3. The van der Waals surface area contributed by atoms with Crippen LogP contribution in [0.1, 0.15) is 26.3 Å². The molecule has 0 aliphatic heterocycles. The van der Waals surface area contributed by atoms with Gasteiger partial charge in [0, 0.05) is 13.0 Å². The van der Waals surface area contributed by atoms with Crippen LogP contribution in [0.4, 0.5) is 0 Å². The molecule has 0 aromatic heterocycles. The van der Waals surface area contributed by atoms with Crippen LogP contribution in [0.5, 0.6) is 0 Å². The van der Waals surface area contributed by atoms with Crippen LogP contribution in [0.3, 0.4) is 0 Å². The predicted octanol–water partition coefficient (Wildman–Crippen LogP) is 2.78. The summed E-state index contributed by atoms with van der Waals surface area (Å²) in [6.07, 6.45) is 0.551. The van der Waals surface area contributed by atoms with E-state index in [0.29, 0.717) is 24.7 Å². The minimum Gasteiger partial charge on any atom is -0.298 e. The summed E-state index contributed by atoms with van der Waals surface area (Å²) in [7, 11) is 0. The van der Waals surface area contributed by atoms with E-state index < -0.39 is 0 Å². The molecule has 1 aromatic carbocycles. The van der Waals surface area contributed by atoms with Crippen molar-refractivity contribution < 1.29 is 4.79 Å². The Balaban J connectivity index is 2.43. The molecule has 0 radical (unpaired) electrons. The van der Waals surface area contributed by atoms with Gasteiger partial charge in [0.25, 0.3) is 0 Å². The van der Waals surface area contributed by atoms with Crippen LogP contribution in [-0.4, -0.2) is 30.3 Å². The zero-order valence-corrected chi connectivity index (χ0v) is 11.1. The van der Waals surface area contributed by atoms with Crippen LogP contribution in [0.25, 0.3) is 0 Å². The highest BCUT2D eigenvalue weighted by Crippen LogP contribution is 2.03. The number of carbonyl (C=O) groups excluding carboxylic acids is 1. The fraction of sp³-hybridized carbons (Fsp3) is 0.533. The number of ketones is 1. The fourth-order valence-electron chi connectivity index (χ4n) is 1.95. The lowest BCUT2D eigenvalue weighted by Gasteiger charge is -2.21. The molecular weight excluding hydrogens is 210 g/mol. The molecule has 0 bridgehead atoms. The Morgan fingerprint density at radius 3 is 2.41 bits per heavy atom. The van der Waals surface area contributed by atoms with Gasteiger partial charge in [-0.3, -0.25) is 9.69 Å². The van der Waals surface area contributed by atoms with E-state index in [1.54, 1.807) is 0 Å². The van der Waals surface area contributed by atoms with Crippen molar-refractivity contribution in [1.29, 1.82) is 0 Å². The molecule has 1 rings (SSSR count). The van der Waals surface area contributed by atoms with Crippen LogP contribution < -0.4 is 0 Å². The third-order valence-electron chi connectivity index (χ3n) is 2.71. The Hall–Kier alpha value is -1.15. The molecule has 2 heteroatoms. The highest BCUT2D eigenvalue weighted by Gasteiger charge is 2.10. The van der Waals surface area contributed by atoms with Crippen molar-refractivity contribution in [2.24, 2.45) is 5.92 Å². The van der Waals surface area contributed by atoms with Crippen LogP contribution >= 0.6 is 0 Å². The van der Waals surface area contributed by atoms with Gasteiger partial charge in [0.15, 0.2) is 5.78 Å². The summed E-state index contributed by atoms with van der Waals surface area (Å²) < 4.78 is 0. The van der Waals surface area contributed by atoms with Crippen molar-refractivity contribution in [3.05, 3.63) is 35.9 Å². The normalized spacial score (nSPS) is 11.1. The van der Waals surface area contributed by atoms with Crippen molar-refractivity contribution in [2.75, 3.05) is 19.6 Å². The van der Waals surface area contributed by atoms with Crippen LogP contribution in [0, 0.1) is 5.92 Å². The van der Waals surface area contributed by atoms with Gasteiger partial charge in [0.1, 0.15) is 0 Å². The summed E-state index contributed by atoms with van der Waals surface area (Å²) >= 11 is 0. The van der Waals surface area contributed by atoms with E-state index >= 15 is 0 Å². The molecule has 0 saturated carbocycles. The predicted molar refractivity (Wildman–Crippen MR) is 72.1 cm³/mol. The molecule has 0 aliphatic carbocycles. The number of Topliss-reactive ketones (excluding diaryl/α,β-unsaturated/α-hetero) is 1. The summed E-state index contributed by atoms with van der Waals surface area (Å²) in [5.74, 6) is 0.915. The number of rotatable bonds is 7. The van der Waals surface area contributed by atoms with Crippen LogP contribution in [0.2, 0.25) is 0 Å². The number of hydrogen-bond acceptors (Lipinski definition) is 2. The van der Waals surface area contributed by atoms with Crippen molar-refractivity contribution in [3.63, 3.8) is 0 Å². The minimum absolute atomic E-state index is 0.304. The molecular formula is C15H23NO. The van der Waals surface area contributed by atoms with Gasteiger partial charge in [0.05, 0.1) is 6.54 Å². The van der Waals surface area contributed by atoms with Gasteiger partial charge in [-0.2, -0.15) is 0 Å². The van der Waals surface area contributed by atoms with E-state index in [-0.39, 0.29) is 0 Å². The number of benzene rings is 1. The number of nitrogens with zero attached hydrogens (tertiary/aromatic N) is 1. The second kappa shape index (κ2) is 7.23. The maximum atomic E-state index is 11.9. The molecule has 2 nitrogen and oxygen atoms in total. The van der Waals surface area contributed by atoms with Gasteiger partial charge in [-0.1, -0.05) is 51.1 Å². The lowest BCUT2D eigenvalue weighted by molar-refractivity contribution is -0.119. The molecule has 0 heterocycles. The monoisotopic (exact) mass is 233 g/mol. The first-order valence-electron chi connectivity index (χ1n) is 6.39. The SMILES string of the molecule is CCN(CC(=O)Cc1ccccc1)CC(C)C. The molecule has 94 valence electrons. The molecule has 0 aliphatic rings. The van der Waals surface area contributed by atoms with Gasteiger partial charge in [-0.15, -0.1) is 0 Å². The van der Waals surface area contributed by atoms with E-state index in [9.17, 15) is 4.79 Å². The number of carbonyl (C=O) groups is 1. The smallest absolute Gasteiger partial charge is 0.151 e. The molecule has 1 aromatic rings. The lowest BCUT2D eigenvalue weighted by Crippen LogP contribution is -2.33. The van der Waals surface area contributed by atoms with E-state index in [1.807, 2.05) is 30.3 Å². The first kappa shape index (κ1) is 13.9. The topological polar surface area (TPSA) is 20.3 Å².